The summed E-state index contributed by atoms with van der Waals surface area (Å²) in [6, 6.07) is 1.05. The number of hydrogen-bond acceptors (Lipinski definition) is 10. The van der Waals surface area contributed by atoms with Crippen molar-refractivity contribution < 1.29 is 29.0 Å². The van der Waals surface area contributed by atoms with E-state index in [1.165, 1.54) is 23.8 Å². The number of aromatic nitrogens is 3. The fourth-order valence-corrected chi connectivity index (χ4v) is 6.23. The van der Waals surface area contributed by atoms with Crippen LogP contribution in [0, 0.1) is 0 Å². The van der Waals surface area contributed by atoms with Crippen molar-refractivity contribution in [2.45, 2.75) is 30.9 Å². The van der Waals surface area contributed by atoms with Gasteiger partial charge in [0.2, 0.25) is 0 Å². The molecule has 0 radical (unpaired) electrons. The van der Waals surface area contributed by atoms with Crippen LogP contribution in [0.1, 0.15) is 12.1 Å². The predicted molar refractivity (Wildman–Crippen MR) is 127 cm³/mol. The van der Waals surface area contributed by atoms with Crippen molar-refractivity contribution in [1.82, 2.24) is 19.9 Å². The first kappa shape index (κ1) is 23.2. The van der Waals surface area contributed by atoms with E-state index in [4.69, 9.17) is 10.6 Å². The molecule has 2 atom stereocenters. The monoisotopic (exact) mass is 519 g/mol. The number of nitrogen functional groups attached to an aromatic ring is 1. The molecular weight excluding hydrogens is 496 g/mol. The van der Waals surface area contributed by atoms with Crippen LogP contribution in [0.2, 0.25) is 0 Å². The van der Waals surface area contributed by atoms with E-state index < -0.39 is 29.2 Å². The van der Waals surface area contributed by atoms with Gasteiger partial charge >= 0.3 is 5.97 Å². The van der Waals surface area contributed by atoms with Crippen molar-refractivity contribution in [3.05, 3.63) is 34.6 Å². The maximum absolute atomic E-state index is 13.0. The molecule has 0 spiro atoms. The van der Waals surface area contributed by atoms with Gasteiger partial charge in [-0.15, -0.1) is 32.5 Å². The average Bonchev–Trinajstić information content (AvgIpc) is 3.46. The Bertz CT molecular complexity index is 1270. The summed E-state index contributed by atoms with van der Waals surface area (Å²) < 4.78 is 4.02. The van der Waals surface area contributed by atoms with Crippen LogP contribution >= 0.6 is 23.1 Å². The van der Waals surface area contributed by atoms with E-state index in [0.29, 0.717) is 17.9 Å². The first-order valence-electron chi connectivity index (χ1n) is 10.8. The number of nitrogens with two attached hydrogens (primary N) is 1. The van der Waals surface area contributed by atoms with Crippen LogP contribution in [-0.4, -0.2) is 74.0 Å². The number of amides is 2. The second-order valence-electron chi connectivity index (χ2n) is 8.01. The molecule has 0 saturated carbocycles. The zero-order valence-corrected chi connectivity index (χ0v) is 20.3. The number of oxime groups is 1. The van der Waals surface area contributed by atoms with E-state index >= 15 is 0 Å². The highest BCUT2D eigenvalue weighted by Gasteiger charge is 2.55. The summed E-state index contributed by atoms with van der Waals surface area (Å²) in [5, 5.41) is 20.9. The number of fused-ring (bicyclic) bond motifs is 2. The van der Waals surface area contributed by atoms with Gasteiger partial charge in [0.15, 0.2) is 29.4 Å². The molecule has 5 N–H and O–H groups in total. The Labute approximate surface area is 207 Å². The van der Waals surface area contributed by atoms with Crippen LogP contribution in [0.3, 0.4) is 0 Å². The van der Waals surface area contributed by atoms with Crippen LogP contribution in [0.5, 0.6) is 0 Å². The lowest BCUT2D eigenvalue weighted by Gasteiger charge is -2.49. The van der Waals surface area contributed by atoms with Gasteiger partial charge in [-0.1, -0.05) is 5.16 Å². The Balaban J connectivity index is 1.35. The van der Waals surface area contributed by atoms with Gasteiger partial charge in [0, 0.05) is 23.3 Å². The molecule has 0 bridgehead atoms. The van der Waals surface area contributed by atoms with E-state index in [-0.39, 0.29) is 22.2 Å². The number of thiazole rings is 1. The quantitative estimate of drug-likeness (QED) is 0.162. The standard InChI is InChI=1S/C20H22N8O5S2/c1-33-25-13(11-9-35-20(21)23-11)16(29)24-14-17(30)28-15(19(31)32)10(8-34-18(14)28)7-26-6-3-12-22-4-2-5-27(12)26/h3,6,9,14,18H,2,4-5,7-8H2,1H3,(H4,21,23,24,29,31,32)/p+1/t14-,18-/m1/s1. The lowest BCUT2D eigenvalue weighted by atomic mass is 10.0. The second kappa shape index (κ2) is 9.22. The van der Waals surface area contributed by atoms with Crippen molar-refractivity contribution in [3.8, 4) is 0 Å². The highest BCUT2D eigenvalue weighted by Crippen LogP contribution is 2.40. The summed E-state index contributed by atoms with van der Waals surface area (Å²) >= 11 is 2.55. The minimum atomic E-state index is -1.17. The minimum Gasteiger partial charge on any atom is -0.477 e. The Morgan fingerprint density at radius 2 is 2.31 bits per heavy atom. The number of nitrogens with one attached hydrogen (secondary N) is 2. The number of hydrogen-bond donors (Lipinski definition) is 4. The normalized spacial score (nSPS) is 21.6. The topological polar surface area (TPSA) is 168 Å². The van der Waals surface area contributed by atoms with E-state index in [1.54, 1.807) is 5.38 Å². The molecule has 35 heavy (non-hydrogen) atoms. The van der Waals surface area contributed by atoms with Crippen molar-refractivity contribution in [2.75, 3.05) is 30.5 Å². The van der Waals surface area contributed by atoms with Crippen LogP contribution < -0.4 is 21.0 Å². The third kappa shape index (κ3) is 4.10. The largest absolute Gasteiger partial charge is 0.477 e. The summed E-state index contributed by atoms with van der Waals surface area (Å²) in [6.07, 6.45) is 2.87. The van der Waals surface area contributed by atoms with Gasteiger partial charge in [-0.2, -0.15) is 0 Å². The third-order valence-corrected chi connectivity index (χ3v) is 7.91. The molecule has 1 saturated heterocycles. The molecule has 15 heteroatoms. The van der Waals surface area contributed by atoms with E-state index in [9.17, 15) is 19.5 Å². The highest BCUT2D eigenvalue weighted by atomic mass is 32.2. The molecule has 0 unspecified atom stereocenters. The van der Waals surface area contributed by atoms with Crippen LogP contribution in [-0.2, 0) is 32.3 Å². The van der Waals surface area contributed by atoms with Gasteiger partial charge < -0.3 is 26.3 Å². The molecule has 2 aromatic rings. The highest BCUT2D eigenvalue weighted by molar-refractivity contribution is 8.00. The number of nitrogens with zero attached hydrogens (tertiary/aromatic N) is 5. The number of carbonyl (C=O) groups excluding carboxylic acids is 2. The molecule has 3 aliphatic rings. The Hall–Kier alpha value is -3.59. The van der Waals surface area contributed by atoms with Crippen LogP contribution in [0.4, 0.5) is 10.9 Å². The number of β-lactam (4-membered cyclic amide) rings is 1. The zero-order valence-electron chi connectivity index (χ0n) is 18.6. The maximum Gasteiger partial charge on any atom is 0.352 e. The van der Waals surface area contributed by atoms with Gasteiger partial charge in [0.25, 0.3) is 11.8 Å². The molecule has 1 fully saturated rings. The first-order valence-corrected chi connectivity index (χ1v) is 12.7. The second-order valence-corrected chi connectivity index (χ2v) is 10.0. The van der Waals surface area contributed by atoms with E-state index in [2.05, 4.69) is 25.5 Å². The SMILES string of the molecule is CON=C(C(=O)N[C@@H]1C(=O)N2C(C(=O)O)=C(C[n+]3ccc4n3CCCN4)CS[C@H]12)c1csc(N)n1. The molecule has 5 heterocycles. The van der Waals surface area contributed by atoms with Crippen molar-refractivity contribution >= 4 is 57.5 Å². The number of carboxylic acids is 1. The van der Waals surface area contributed by atoms with Gasteiger partial charge in [0.1, 0.15) is 29.9 Å². The number of rotatable bonds is 7. The average molecular weight is 520 g/mol. The van der Waals surface area contributed by atoms with Gasteiger partial charge in [-0.25, -0.2) is 9.78 Å². The summed E-state index contributed by atoms with van der Waals surface area (Å²) in [5.41, 5.74) is 6.35. The fraction of sp³-hybridized carbons (Fsp3) is 0.400. The number of carbonyl (C=O) groups is 3. The minimum absolute atomic E-state index is 0.0332. The molecule has 2 amide bonds. The lowest BCUT2D eigenvalue weighted by Crippen LogP contribution is -2.71. The summed E-state index contributed by atoms with van der Waals surface area (Å²) in [5.74, 6) is -0.944. The molecule has 3 aliphatic heterocycles. The van der Waals surface area contributed by atoms with Gasteiger partial charge in [-0.3, -0.25) is 14.5 Å². The molecule has 0 aromatic carbocycles. The molecule has 184 valence electrons. The molecular formula is C20H23N8O5S2+. The van der Waals surface area contributed by atoms with Crippen molar-refractivity contribution in [3.63, 3.8) is 0 Å². The van der Waals surface area contributed by atoms with E-state index in [1.807, 2.05) is 16.9 Å². The molecule has 2 aromatic heterocycles. The number of carboxylic acid groups (broad SMARTS) is 1. The number of thioether (sulfide) groups is 1. The van der Waals surface area contributed by atoms with E-state index in [0.717, 1.165) is 36.7 Å². The first-order chi connectivity index (χ1) is 16.9. The van der Waals surface area contributed by atoms with Crippen molar-refractivity contribution in [2.24, 2.45) is 5.16 Å². The Morgan fingerprint density at radius 3 is 3.03 bits per heavy atom. The Morgan fingerprint density at radius 1 is 1.49 bits per heavy atom. The Kier molecular flexibility index (Phi) is 6.10. The summed E-state index contributed by atoms with van der Waals surface area (Å²) in [6.45, 7) is 2.07. The lowest BCUT2D eigenvalue weighted by molar-refractivity contribution is -0.768. The third-order valence-electron chi connectivity index (χ3n) is 5.90. The van der Waals surface area contributed by atoms with Gasteiger partial charge in [0.05, 0.1) is 12.6 Å². The summed E-state index contributed by atoms with van der Waals surface area (Å²) in [4.78, 5) is 48.2. The zero-order chi connectivity index (χ0) is 24.7. The van der Waals surface area contributed by atoms with Crippen molar-refractivity contribution in [1.29, 1.82) is 0 Å². The number of aliphatic carboxylic acids is 1. The molecule has 13 nitrogen and oxygen atoms in total. The predicted octanol–water partition coefficient (Wildman–Crippen LogP) is -0.581. The molecule has 0 aliphatic carbocycles. The van der Waals surface area contributed by atoms with Crippen LogP contribution in [0.15, 0.2) is 34.1 Å². The summed E-state index contributed by atoms with van der Waals surface area (Å²) in [7, 11) is 1.29. The number of anilines is 2. The fourth-order valence-electron chi connectivity index (χ4n) is 4.35. The van der Waals surface area contributed by atoms with Gasteiger partial charge in [-0.05, 0) is 6.42 Å². The maximum atomic E-state index is 13.0. The van der Waals surface area contributed by atoms with Crippen LogP contribution in [0.25, 0.3) is 0 Å². The molecule has 5 rings (SSSR count). The smallest absolute Gasteiger partial charge is 0.352 e.